The number of benzene rings is 2. The lowest BCUT2D eigenvalue weighted by atomic mass is 10.1. The summed E-state index contributed by atoms with van der Waals surface area (Å²) in [5.41, 5.74) is 0.934. The average molecular weight is 598 g/mol. The van der Waals surface area contributed by atoms with E-state index in [1.807, 2.05) is 0 Å². The Morgan fingerprint density at radius 1 is 1.13 bits per heavy atom. The summed E-state index contributed by atoms with van der Waals surface area (Å²) in [5.74, 6) is -0.940. The van der Waals surface area contributed by atoms with Crippen molar-refractivity contribution in [1.82, 2.24) is 10.2 Å². The van der Waals surface area contributed by atoms with Gasteiger partial charge in [0.25, 0.3) is 0 Å². The summed E-state index contributed by atoms with van der Waals surface area (Å²) in [6.45, 7) is 1.11. The molecule has 0 heterocycles. The highest BCUT2D eigenvalue weighted by Crippen LogP contribution is 2.24. The summed E-state index contributed by atoms with van der Waals surface area (Å²) in [5, 5.41) is 3.29. The van der Waals surface area contributed by atoms with Crippen LogP contribution in [-0.4, -0.2) is 51.0 Å². The van der Waals surface area contributed by atoms with Gasteiger partial charge in [-0.05, 0) is 71.5 Å². The van der Waals surface area contributed by atoms with E-state index in [0.29, 0.717) is 21.3 Å². The molecule has 2 aromatic rings. The van der Waals surface area contributed by atoms with E-state index in [0.717, 1.165) is 14.1 Å². The van der Waals surface area contributed by atoms with Gasteiger partial charge >= 0.3 is 0 Å². The maximum Gasteiger partial charge on any atom is 0.244 e. The van der Waals surface area contributed by atoms with Crippen molar-refractivity contribution in [3.63, 3.8) is 0 Å². The lowest BCUT2D eigenvalue weighted by molar-refractivity contribution is -0.139. The molecule has 11 heteroatoms. The Balaban J connectivity index is 2.40. The normalized spacial score (nSPS) is 12.2. The smallest absolute Gasteiger partial charge is 0.244 e. The number of nitrogens with one attached hydrogen (secondary N) is 1. The molecular formula is C20H22Cl2IN3O4S. The summed E-state index contributed by atoms with van der Waals surface area (Å²) >= 11 is 14.3. The largest absolute Gasteiger partial charge is 0.357 e. The fourth-order valence-corrected chi connectivity index (χ4v) is 4.52. The number of likely N-dealkylation sites (N-methyl/N-ethyl adjacent to an activating group) is 1. The Morgan fingerprint density at radius 3 is 2.26 bits per heavy atom. The first-order valence-electron chi connectivity index (χ1n) is 9.12. The van der Waals surface area contributed by atoms with Gasteiger partial charge in [-0.2, -0.15) is 0 Å². The molecule has 1 atom stereocenters. The molecule has 0 saturated carbocycles. The van der Waals surface area contributed by atoms with Crippen molar-refractivity contribution in [2.45, 2.75) is 19.5 Å². The third-order valence-corrected chi connectivity index (χ3v) is 7.01. The molecule has 0 bridgehead atoms. The molecule has 2 rings (SSSR count). The van der Waals surface area contributed by atoms with E-state index in [2.05, 4.69) is 27.9 Å². The zero-order valence-corrected chi connectivity index (χ0v) is 21.6. The second-order valence-corrected chi connectivity index (χ2v) is 10.8. The Hall–Kier alpha value is -1.56. The molecule has 0 radical (unpaired) electrons. The standard InChI is InChI=1S/C20H22Cl2IN3O4S/c1-13(20(28)24-2)25(11-14-4-5-15(21)10-18(14)22)19(27)12-26(31(3,29)30)17-8-6-16(23)7-9-17/h4-10,13H,11-12H2,1-3H3,(H,24,28)/t13-/m0/s1. The Morgan fingerprint density at radius 2 is 1.74 bits per heavy atom. The van der Waals surface area contributed by atoms with E-state index in [4.69, 9.17) is 23.2 Å². The second-order valence-electron chi connectivity index (χ2n) is 6.79. The summed E-state index contributed by atoms with van der Waals surface area (Å²) in [6.07, 6.45) is 1.03. The van der Waals surface area contributed by atoms with Gasteiger partial charge < -0.3 is 10.2 Å². The van der Waals surface area contributed by atoms with Crippen LogP contribution in [-0.2, 0) is 26.2 Å². The monoisotopic (exact) mass is 597 g/mol. The maximum atomic E-state index is 13.3. The number of sulfonamides is 1. The van der Waals surface area contributed by atoms with Crippen molar-refractivity contribution in [2.24, 2.45) is 0 Å². The Kier molecular flexibility index (Phi) is 8.99. The van der Waals surface area contributed by atoms with E-state index < -0.39 is 34.4 Å². The molecule has 31 heavy (non-hydrogen) atoms. The molecule has 0 aromatic heterocycles. The van der Waals surface area contributed by atoms with Gasteiger partial charge in [0.15, 0.2) is 0 Å². The molecule has 0 unspecified atom stereocenters. The first kappa shape index (κ1) is 25.7. The number of carbonyl (C=O) groups is 2. The van der Waals surface area contributed by atoms with Crippen molar-refractivity contribution in [3.8, 4) is 0 Å². The van der Waals surface area contributed by atoms with Gasteiger partial charge in [0.2, 0.25) is 21.8 Å². The lowest BCUT2D eigenvalue weighted by Gasteiger charge is -2.31. The molecular weight excluding hydrogens is 576 g/mol. The molecule has 0 fully saturated rings. The molecule has 1 N–H and O–H groups in total. The molecule has 7 nitrogen and oxygen atoms in total. The minimum Gasteiger partial charge on any atom is -0.357 e. The number of halogens is 3. The van der Waals surface area contributed by atoms with Crippen LogP contribution in [0.3, 0.4) is 0 Å². The number of rotatable bonds is 8. The van der Waals surface area contributed by atoms with Crippen LogP contribution in [0.5, 0.6) is 0 Å². The third-order valence-electron chi connectivity index (χ3n) is 4.56. The van der Waals surface area contributed by atoms with Gasteiger partial charge in [-0.15, -0.1) is 0 Å². The number of carbonyl (C=O) groups excluding carboxylic acids is 2. The first-order valence-corrected chi connectivity index (χ1v) is 12.8. The SMILES string of the molecule is CNC(=O)[C@H](C)N(Cc1ccc(Cl)cc1Cl)C(=O)CN(c1ccc(I)cc1)S(C)(=O)=O. The highest BCUT2D eigenvalue weighted by Gasteiger charge is 2.30. The molecule has 0 saturated heterocycles. The van der Waals surface area contributed by atoms with Gasteiger partial charge in [-0.25, -0.2) is 8.42 Å². The van der Waals surface area contributed by atoms with Crippen LogP contribution in [0.25, 0.3) is 0 Å². The predicted molar refractivity (Wildman–Crippen MR) is 132 cm³/mol. The molecule has 168 valence electrons. The van der Waals surface area contributed by atoms with Gasteiger partial charge in [0, 0.05) is 27.2 Å². The quantitative estimate of drug-likeness (QED) is 0.472. The zero-order chi connectivity index (χ0) is 23.3. The van der Waals surface area contributed by atoms with Crippen molar-refractivity contribution in [1.29, 1.82) is 0 Å². The molecule has 0 aliphatic heterocycles. The highest BCUT2D eigenvalue weighted by atomic mass is 127. The Bertz CT molecular complexity index is 1060. The van der Waals surface area contributed by atoms with Gasteiger partial charge in [-0.1, -0.05) is 29.3 Å². The van der Waals surface area contributed by atoms with Crippen LogP contribution in [0, 0.1) is 3.57 Å². The van der Waals surface area contributed by atoms with E-state index >= 15 is 0 Å². The van der Waals surface area contributed by atoms with Crippen molar-refractivity contribution < 1.29 is 18.0 Å². The van der Waals surface area contributed by atoms with E-state index in [-0.39, 0.29) is 6.54 Å². The number of amides is 2. The molecule has 2 amide bonds. The van der Waals surface area contributed by atoms with Crippen molar-refractivity contribution >= 4 is 73.3 Å². The van der Waals surface area contributed by atoms with E-state index in [9.17, 15) is 18.0 Å². The average Bonchev–Trinajstić information content (AvgIpc) is 2.70. The number of hydrogen-bond donors (Lipinski definition) is 1. The van der Waals surface area contributed by atoms with Crippen molar-refractivity contribution in [2.75, 3.05) is 24.2 Å². The van der Waals surface area contributed by atoms with Crippen LogP contribution in [0.15, 0.2) is 42.5 Å². The predicted octanol–water partition coefficient (Wildman–Crippen LogP) is 3.53. The molecule has 0 aliphatic rings. The van der Waals surface area contributed by atoms with Crippen LogP contribution in [0.4, 0.5) is 5.69 Å². The summed E-state index contributed by atoms with van der Waals surface area (Å²) < 4.78 is 26.8. The van der Waals surface area contributed by atoms with Crippen LogP contribution >= 0.6 is 45.8 Å². The minimum absolute atomic E-state index is 0.00765. The van der Waals surface area contributed by atoms with Crippen molar-refractivity contribution in [3.05, 3.63) is 61.6 Å². The maximum absolute atomic E-state index is 13.3. The lowest BCUT2D eigenvalue weighted by Crippen LogP contribution is -2.50. The Labute approximate surface area is 205 Å². The fourth-order valence-electron chi connectivity index (χ4n) is 2.85. The highest BCUT2D eigenvalue weighted by molar-refractivity contribution is 14.1. The number of hydrogen-bond acceptors (Lipinski definition) is 4. The summed E-state index contributed by atoms with van der Waals surface area (Å²) in [4.78, 5) is 26.8. The number of anilines is 1. The van der Waals surface area contributed by atoms with Crippen LogP contribution in [0.2, 0.25) is 10.0 Å². The zero-order valence-electron chi connectivity index (χ0n) is 17.1. The van der Waals surface area contributed by atoms with E-state index in [1.165, 1.54) is 11.9 Å². The number of nitrogens with zero attached hydrogens (tertiary/aromatic N) is 2. The summed E-state index contributed by atoms with van der Waals surface area (Å²) in [7, 11) is -2.29. The third kappa shape index (κ3) is 6.96. The molecule has 0 spiro atoms. The first-order chi connectivity index (χ1) is 14.4. The van der Waals surface area contributed by atoms with E-state index in [1.54, 1.807) is 49.4 Å². The fraction of sp³-hybridized carbons (Fsp3) is 0.300. The topological polar surface area (TPSA) is 86.8 Å². The minimum atomic E-state index is -3.76. The molecule has 2 aromatic carbocycles. The van der Waals surface area contributed by atoms with Gasteiger partial charge in [0.05, 0.1) is 11.9 Å². The van der Waals surface area contributed by atoms with Gasteiger partial charge in [0.1, 0.15) is 12.6 Å². The van der Waals surface area contributed by atoms with Crippen LogP contribution < -0.4 is 9.62 Å². The summed E-state index contributed by atoms with van der Waals surface area (Å²) in [6, 6.07) is 10.7. The van der Waals surface area contributed by atoms with Crippen LogP contribution in [0.1, 0.15) is 12.5 Å². The second kappa shape index (κ2) is 10.8. The van der Waals surface area contributed by atoms with Gasteiger partial charge in [-0.3, -0.25) is 13.9 Å². The molecule has 0 aliphatic carbocycles.